The maximum atomic E-state index is 14.3. The van der Waals surface area contributed by atoms with Crippen LogP contribution >= 0.6 is 0 Å². The van der Waals surface area contributed by atoms with Gasteiger partial charge in [-0.3, -0.25) is 24.1 Å². The molecule has 0 radical (unpaired) electrons. The van der Waals surface area contributed by atoms with E-state index in [1.165, 1.54) is 25.1 Å². The minimum atomic E-state index is -2.83. The first kappa shape index (κ1) is 31.9. The normalized spacial score (nSPS) is 26.0. The van der Waals surface area contributed by atoms with Gasteiger partial charge in [-0.05, 0) is 70.2 Å². The number of likely N-dealkylation sites (N-methyl/N-ethyl adjacent to an activating group) is 1. The molecule has 0 spiro atoms. The van der Waals surface area contributed by atoms with Gasteiger partial charge in [0.1, 0.15) is 34.5 Å². The number of aliphatic hydroxyl groups excluding tert-OH is 2. The number of aromatic hydroxyl groups is 1. The topological polar surface area (TPSA) is 176 Å². The van der Waals surface area contributed by atoms with Crippen molar-refractivity contribution in [2.75, 3.05) is 27.7 Å². The highest BCUT2D eigenvalue weighted by atomic mass is 19.1. The Hall–Kier alpha value is -4.46. The molecule has 11 nitrogen and oxygen atoms in total. The number of benzene rings is 2. The highest BCUT2D eigenvalue weighted by Crippen LogP contribution is 2.57. The lowest BCUT2D eigenvalue weighted by Crippen LogP contribution is -2.66. The molecule has 6 N–H and O–H groups in total. The van der Waals surface area contributed by atoms with E-state index in [9.17, 15) is 48.4 Å². The third kappa shape index (κ3) is 4.82. The van der Waals surface area contributed by atoms with Crippen LogP contribution in [0.4, 0.5) is 8.78 Å². The molecule has 238 valence electrons. The third-order valence-electron chi connectivity index (χ3n) is 9.11. The van der Waals surface area contributed by atoms with Crippen molar-refractivity contribution in [3.05, 3.63) is 86.9 Å². The monoisotopic (exact) mass is 625 g/mol. The quantitative estimate of drug-likeness (QED) is 0.250. The van der Waals surface area contributed by atoms with Crippen LogP contribution < -0.4 is 10.6 Å². The summed E-state index contributed by atoms with van der Waals surface area (Å²) in [6.07, 6.45) is -0.383. The summed E-state index contributed by atoms with van der Waals surface area (Å²) in [4.78, 5) is 55.2. The molecule has 0 bridgehead atoms. The molecule has 2 aromatic carbocycles. The van der Waals surface area contributed by atoms with Crippen LogP contribution in [0.1, 0.15) is 45.2 Å². The smallest absolute Gasteiger partial charge is 0.251 e. The fraction of sp³-hybridized carbons (Fsp3) is 0.375. The van der Waals surface area contributed by atoms with Gasteiger partial charge in [-0.15, -0.1) is 0 Å². The Morgan fingerprint density at radius 3 is 2.29 bits per heavy atom. The number of carbonyl (C=O) groups is 4. The number of ketones is 3. The number of phenols is 1. The first-order valence-corrected chi connectivity index (χ1v) is 14.2. The number of nitrogens with zero attached hydrogens (tertiary/aromatic N) is 1. The molecule has 4 atom stereocenters. The van der Waals surface area contributed by atoms with Crippen molar-refractivity contribution in [1.82, 2.24) is 15.5 Å². The molecular weight excluding hydrogens is 592 g/mol. The molecule has 0 heterocycles. The van der Waals surface area contributed by atoms with Gasteiger partial charge in [0.05, 0.1) is 11.6 Å². The van der Waals surface area contributed by atoms with Gasteiger partial charge in [-0.25, -0.2) is 8.78 Å². The minimum absolute atomic E-state index is 0.0956. The first-order valence-electron chi connectivity index (χ1n) is 14.2. The lowest BCUT2D eigenvalue weighted by Gasteiger charge is -2.54. The fourth-order valence-electron chi connectivity index (χ4n) is 7.22. The predicted molar refractivity (Wildman–Crippen MR) is 156 cm³/mol. The molecule has 0 aliphatic heterocycles. The lowest BCUT2D eigenvalue weighted by molar-refractivity contribution is -0.150. The number of aliphatic hydroxyl groups is 3. The molecule has 3 aliphatic carbocycles. The number of hydrogen-bond donors (Lipinski definition) is 6. The molecule has 0 aromatic heterocycles. The van der Waals surface area contributed by atoms with E-state index in [1.54, 1.807) is 13.1 Å². The summed E-state index contributed by atoms with van der Waals surface area (Å²) < 4.78 is 27.9. The summed E-state index contributed by atoms with van der Waals surface area (Å²) in [6, 6.07) is 3.95. The van der Waals surface area contributed by atoms with Gasteiger partial charge in [-0.2, -0.15) is 0 Å². The van der Waals surface area contributed by atoms with E-state index < -0.39 is 92.8 Å². The number of carbonyl (C=O) groups excluding carboxylic acids is 4. The number of fused-ring (bicyclic) bond motifs is 3. The third-order valence-corrected chi connectivity index (χ3v) is 9.11. The number of halogens is 2. The highest BCUT2D eigenvalue weighted by Gasteiger charge is 2.66. The molecule has 5 rings (SSSR count). The summed E-state index contributed by atoms with van der Waals surface area (Å²) in [5.41, 5.74) is -5.11. The number of phenolic OH excluding ortho intramolecular Hbond substituents is 1. The number of amides is 1. The molecule has 3 aliphatic rings. The summed E-state index contributed by atoms with van der Waals surface area (Å²) >= 11 is 0. The van der Waals surface area contributed by atoms with Crippen LogP contribution in [0.3, 0.4) is 0 Å². The van der Waals surface area contributed by atoms with Gasteiger partial charge in [-0.1, -0.05) is 6.07 Å². The maximum Gasteiger partial charge on any atom is 0.251 e. The second-order valence-corrected chi connectivity index (χ2v) is 12.1. The Bertz CT molecular complexity index is 1710. The first-order chi connectivity index (χ1) is 21.1. The Morgan fingerprint density at radius 2 is 1.71 bits per heavy atom. The van der Waals surface area contributed by atoms with Crippen molar-refractivity contribution in [3.63, 3.8) is 0 Å². The maximum absolute atomic E-state index is 14.3. The Kier molecular flexibility index (Phi) is 7.92. The minimum Gasteiger partial charge on any atom is -0.510 e. The van der Waals surface area contributed by atoms with Gasteiger partial charge >= 0.3 is 0 Å². The van der Waals surface area contributed by atoms with Gasteiger partial charge in [0.25, 0.3) is 5.91 Å². The van der Waals surface area contributed by atoms with Crippen molar-refractivity contribution in [2.45, 2.75) is 38.0 Å². The molecule has 2 aromatic rings. The zero-order chi connectivity index (χ0) is 33.2. The van der Waals surface area contributed by atoms with Gasteiger partial charge in [0.15, 0.2) is 17.2 Å². The Morgan fingerprint density at radius 1 is 1.07 bits per heavy atom. The predicted octanol–water partition coefficient (Wildman–Crippen LogP) is 2.02. The van der Waals surface area contributed by atoms with Crippen LogP contribution in [-0.4, -0.2) is 87.9 Å². The van der Waals surface area contributed by atoms with E-state index in [0.717, 1.165) is 19.1 Å². The van der Waals surface area contributed by atoms with Crippen LogP contribution in [-0.2, 0) is 22.6 Å². The van der Waals surface area contributed by atoms with Crippen LogP contribution in [0.2, 0.25) is 0 Å². The number of nitrogens with one attached hydrogen (secondary N) is 2. The SMILES string of the molecule is CNCc1ccc(O)c2c1C[C@@]1(CNC(=O)c3cc(F)cc(F)c3)C[C@H]3[C@H](N(C)C)C(O)=C(C(C)=O)C(=O)[C@@]3(O)C(O)=C1C2=O. The largest absolute Gasteiger partial charge is 0.510 e. The molecule has 0 saturated heterocycles. The van der Waals surface area contributed by atoms with Gasteiger partial charge in [0, 0.05) is 41.6 Å². The van der Waals surface area contributed by atoms with Crippen molar-refractivity contribution >= 4 is 23.3 Å². The summed E-state index contributed by atoms with van der Waals surface area (Å²) in [7, 11) is 4.73. The number of rotatable bonds is 7. The molecule has 45 heavy (non-hydrogen) atoms. The summed E-state index contributed by atoms with van der Waals surface area (Å²) in [5.74, 6) is -9.41. The molecule has 1 amide bonds. The Balaban J connectivity index is 1.75. The summed E-state index contributed by atoms with van der Waals surface area (Å²) in [6.45, 7) is 0.864. The van der Waals surface area contributed by atoms with Crippen LogP contribution in [0, 0.1) is 23.0 Å². The van der Waals surface area contributed by atoms with Crippen LogP contribution in [0.5, 0.6) is 5.75 Å². The average Bonchev–Trinajstić information content (AvgIpc) is 2.94. The number of hydrogen-bond acceptors (Lipinski definition) is 10. The van der Waals surface area contributed by atoms with E-state index in [4.69, 9.17) is 0 Å². The fourth-order valence-corrected chi connectivity index (χ4v) is 7.22. The molecule has 0 saturated carbocycles. The molecule has 13 heteroatoms. The van der Waals surface area contributed by atoms with Crippen molar-refractivity contribution in [1.29, 1.82) is 0 Å². The van der Waals surface area contributed by atoms with Crippen LogP contribution in [0.15, 0.2) is 53.0 Å². The van der Waals surface area contributed by atoms with Crippen LogP contribution in [0.25, 0.3) is 0 Å². The summed E-state index contributed by atoms with van der Waals surface area (Å²) in [5, 5.41) is 51.5. The van der Waals surface area contributed by atoms with Gasteiger partial charge < -0.3 is 31.1 Å². The number of Topliss-reactive ketones (excluding diaryl/α,β-unsaturated/α-hetero) is 3. The van der Waals surface area contributed by atoms with Crippen molar-refractivity contribution in [2.24, 2.45) is 11.3 Å². The lowest BCUT2D eigenvalue weighted by atomic mass is 9.52. The van der Waals surface area contributed by atoms with E-state index in [1.807, 2.05) is 0 Å². The van der Waals surface area contributed by atoms with E-state index >= 15 is 0 Å². The molecule has 0 unspecified atom stereocenters. The molecule has 0 fully saturated rings. The van der Waals surface area contributed by atoms with Crippen molar-refractivity contribution in [3.8, 4) is 5.75 Å². The highest BCUT2D eigenvalue weighted by molar-refractivity contribution is 6.25. The second-order valence-electron chi connectivity index (χ2n) is 12.1. The zero-order valence-corrected chi connectivity index (χ0v) is 25.0. The molecular formula is C32H33F2N3O8. The van der Waals surface area contributed by atoms with E-state index in [2.05, 4.69) is 10.6 Å². The van der Waals surface area contributed by atoms with E-state index in [-0.39, 0.29) is 30.5 Å². The second kappa shape index (κ2) is 11.2. The average molecular weight is 626 g/mol. The zero-order valence-electron chi connectivity index (χ0n) is 25.0. The van der Waals surface area contributed by atoms with E-state index in [0.29, 0.717) is 17.2 Å². The van der Waals surface area contributed by atoms with Gasteiger partial charge in [0.2, 0.25) is 5.78 Å². The van der Waals surface area contributed by atoms with Crippen molar-refractivity contribution < 1.29 is 48.4 Å². The standard InChI is InChI=1S/C32H33F2N3O8/c1-14(38)22-27(41)25(37(3)4)20-11-31(13-36-30(44)16-7-17(33)9-18(34)8-16)10-19-15(12-35-2)5-6-21(39)23(19)26(40)24(31)29(43)32(20,45)28(22)42/h5-9,20,25,35,39,41,43,45H,10-13H2,1-4H3,(H,36,44)/t20-,25-,31-,32+/m0/s1. The Labute approximate surface area is 256 Å².